The Morgan fingerprint density at radius 3 is 1.55 bits per heavy atom. The highest BCUT2D eigenvalue weighted by atomic mass is 16.7. The fraction of sp³-hybridized carbons (Fsp3) is 0.737. The predicted octanol–water partition coefficient (Wildman–Crippen LogP) is 8.16. The Labute approximate surface area is 427 Å². The number of hydrogen-bond donors (Lipinski definition) is 9. The summed E-state index contributed by atoms with van der Waals surface area (Å²) in [5.74, 6) is -0.309. The largest absolute Gasteiger partial charge is 0.394 e. The van der Waals surface area contributed by atoms with Crippen LogP contribution in [0.5, 0.6) is 0 Å². The van der Waals surface area contributed by atoms with Gasteiger partial charge in [-0.2, -0.15) is 0 Å². The molecule has 2 rings (SSSR count). The van der Waals surface area contributed by atoms with E-state index >= 15 is 0 Å². The summed E-state index contributed by atoms with van der Waals surface area (Å²) in [7, 11) is 0. The normalized spacial score (nSPS) is 26.5. The van der Waals surface area contributed by atoms with Gasteiger partial charge in [0.25, 0.3) is 0 Å². The molecule has 0 spiro atoms. The van der Waals surface area contributed by atoms with Gasteiger partial charge < -0.3 is 65.1 Å². The molecule has 2 saturated heterocycles. The van der Waals surface area contributed by atoms with Crippen LogP contribution in [0, 0.1) is 0 Å². The number of allylic oxidation sites excluding steroid dienone is 13. The van der Waals surface area contributed by atoms with Gasteiger partial charge in [0.2, 0.25) is 5.91 Å². The number of aliphatic hydroxyl groups is 8. The third kappa shape index (κ3) is 29.0. The molecule has 2 heterocycles. The molecule has 9 N–H and O–H groups in total. The number of carbonyl (C=O) groups excluding carboxylic acids is 1. The second-order valence-corrected chi connectivity index (χ2v) is 19.0. The maximum Gasteiger partial charge on any atom is 0.220 e. The minimum atomic E-state index is -1.80. The molecule has 408 valence electrons. The van der Waals surface area contributed by atoms with Gasteiger partial charge in [0.05, 0.1) is 32.0 Å². The lowest BCUT2D eigenvalue weighted by molar-refractivity contribution is -0.359. The average Bonchev–Trinajstić information content (AvgIpc) is 3.37. The van der Waals surface area contributed by atoms with Crippen molar-refractivity contribution >= 4 is 5.91 Å². The van der Waals surface area contributed by atoms with E-state index in [2.05, 4.69) is 86.0 Å². The van der Waals surface area contributed by atoms with Crippen molar-refractivity contribution in [2.24, 2.45) is 0 Å². The first-order valence-electron chi connectivity index (χ1n) is 27.3. The van der Waals surface area contributed by atoms with Crippen molar-refractivity contribution < 1.29 is 64.6 Å². The molecular formula is C57H97NO13. The van der Waals surface area contributed by atoms with Crippen molar-refractivity contribution in [3.63, 3.8) is 0 Å². The minimum Gasteiger partial charge on any atom is -0.394 e. The zero-order chi connectivity index (χ0) is 51.7. The highest BCUT2D eigenvalue weighted by Gasteiger charge is 2.51. The Balaban J connectivity index is 1.86. The molecule has 14 nitrogen and oxygen atoms in total. The highest BCUT2D eigenvalue weighted by molar-refractivity contribution is 5.76. The Kier molecular flexibility index (Phi) is 38.5. The molecule has 0 aromatic heterocycles. The Hall–Kier alpha value is -2.83. The molecule has 2 aliphatic rings. The fourth-order valence-corrected chi connectivity index (χ4v) is 8.40. The van der Waals surface area contributed by atoms with Crippen molar-refractivity contribution in [1.82, 2.24) is 5.32 Å². The van der Waals surface area contributed by atoms with E-state index in [9.17, 15) is 45.6 Å². The number of unbranched alkanes of at least 4 members (excludes halogenated alkanes) is 16. The predicted molar refractivity (Wildman–Crippen MR) is 281 cm³/mol. The van der Waals surface area contributed by atoms with E-state index in [1.54, 1.807) is 6.08 Å². The fourth-order valence-electron chi connectivity index (χ4n) is 8.40. The smallest absolute Gasteiger partial charge is 0.220 e. The summed E-state index contributed by atoms with van der Waals surface area (Å²) in [5.41, 5.74) is 0. The van der Waals surface area contributed by atoms with Crippen LogP contribution in [0.15, 0.2) is 85.1 Å². The van der Waals surface area contributed by atoms with Crippen LogP contribution in [0.25, 0.3) is 0 Å². The van der Waals surface area contributed by atoms with Gasteiger partial charge in [-0.1, -0.05) is 182 Å². The number of hydrogen-bond acceptors (Lipinski definition) is 13. The first-order chi connectivity index (χ1) is 34.6. The summed E-state index contributed by atoms with van der Waals surface area (Å²) in [4.78, 5) is 13.2. The lowest BCUT2D eigenvalue weighted by atomic mass is 9.97. The lowest BCUT2D eigenvalue weighted by Gasteiger charge is -2.46. The van der Waals surface area contributed by atoms with Crippen LogP contribution >= 0.6 is 0 Å². The molecule has 2 fully saturated rings. The van der Waals surface area contributed by atoms with Gasteiger partial charge in [0.15, 0.2) is 12.6 Å². The van der Waals surface area contributed by atoms with E-state index in [0.717, 1.165) is 44.9 Å². The van der Waals surface area contributed by atoms with Gasteiger partial charge in [-0.05, 0) is 70.6 Å². The number of aliphatic hydroxyl groups excluding tert-OH is 8. The number of rotatable bonds is 41. The number of nitrogens with one attached hydrogen (secondary N) is 1. The Morgan fingerprint density at radius 1 is 0.521 bits per heavy atom. The molecule has 0 saturated carbocycles. The Morgan fingerprint density at radius 2 is 0.986 bits per heavy atom. The van der Waals surface area contributed by atoms with E-state index in [-0.39, 0.29) is 18.9 Å². The van der Waals surface area contributed by atoms with Gasteiger partial charge >= 0.3 is 0 Å². The third-order valence-corrected chi connectivity index (χ3v) is 12.8. The molecule has 0 aromatic carbocycles. The van der Waals surface area contributed by atoms with Crippen molar-refractivity contribution in [1.29, 1.82) is 0 Å². The maximum atomic E-state index is 13.2. The second kappa shape index (κ2) is 42.5. The van der Waals surface area contributed by atoms with E-state index in [1.165, 1.54) is 89.9 Å². The van der Waals surface area contributed by atoms with Crippen LogP contribution < -0.4 is 5.32 Å². The second-order valence-electron chi connectivity index (χ2n) is 19.0. The van der Waals surface area contributed by atoms with E-state index in [4.69, 9.17) is 18.9 Å². The molecule has 71 heavy (non-hydrogen) atoms. The summed E-state index contributed by atoms with van der Waals surface area (Å²) in [5, 5.41) is 86.8. The highest BCUT2D eigenvalue weighted by Crippen LogP contribution is 2.30. The molecular weight excluding hydrogens is 907 g/mol. The van der Waals surface area contributed by atoms with Gasteiger partial charge in [-0.3, -0.25) is 4.79 Å². The molecule has 2 aliphatic heterocycles. The SMILES string of the molecule is CC/C=C\C/C=C\C/C=C\C/C=C\C/C=C\CCCC(=O)NC(COC1OC(CO)C(OC2OC(CO)C(O)C(O)C2O)C(O)C1O)C(O)/C=C/CC/C=C/CCCCCCCCCCCCCCCC. The molecule has 0 bridgehead atoms. The molecule has 12 unspecified atom stereocenters. The van der Waals surface area contributed by atoms with E-state index in [1.807, 2.05) is 12.2 Å². The molecule has 0 aromatic rings. The van der Waals surface area contributed by atoms with Crippen molar-refractivity contribution in [2.45, 2.75) is 248 Å². The zero-order valence-corrected chi connectivity index (χ0v) is 43.4. The molecule has 0 aliphatic carbocycles. The number of carbonyl (C=O) groups is 1. The van der Waals surface area contributed by atoms with Crippen LogP contribution in [-0.4, -0.2) is 140 Å². The van der Waals surface area contributed by atoms with E-state index < -0.39 is 86.8 Å². The van der Waals surface area contributed by atoms with Gasteiger partial charge in [0.1, 0.15) is 48.8 Å². The molecule has 0 radical (unpaired) electrons. The van der Waals surface area contributed by atoms with E-state index in [0.29, 0.717) is 19.3 Å². The maximum absolute atomic E-state index is 13.2. The van der Waals surface area contributed by atoms with Crippen molar-refractivity contribution in [3.8, 4) is 0 Å². The summed E-state index contributed by atoms with van der Waals surface area (Å²) in [6, 6.07) is -0.966. The van der Waals surface area contributed by atoms with Crippen LogP contribution in [-0.2, 0) is 23.7 Å². The number of amides is 1. The molecule has 12 atom stereocenters. The van der Waals surface area contributed by atoms with Crippen LogP contribution in [0.1, 0.15) is 174 Å². The lowest BCUT2D eigenvalue weighted by Crippen LogP contribution is -2.65. The summed E-state index contributed by atoms with van der Waals surface area (Å²) in [6.45, 7) is 2.61. The zero-order valence-electron chi connectivity index (χ0n) is 43.4. The first-order valence-corrected chi connectivity index (χ1v) is 27.3. The van der Waals surface area contributed by atoms with Crippen LogP contribution in [0.3, 0.4) is 0 Å². The average molecular weight is 1000 g/mol. The van der Waals surface area contributed by atoms with Gasteiger partial charge in [-0.25, -0.2) is 0 Å². The Bertz CT molecular complexity index is 1510. The van der Waals surface area contributed by atoms with Crippen molar-refractivity contribution in [3.05, 3.63) is 85.1 Å². The summed E-state index contributed by atoms with van der Waals surface area (Å²) < 4.78 is 22.7. The molecule has 14 heteroatoms. The summed E-state index contributed by atoms with van der Waals surface area (Å²) in [6.07, 6.45) is 39.2. The van der Waals surface area contributed by atoms with Crippen LogP contribution in [0.2, 0.25) is 0 Å². The topological polar surface area (TPSA) is 228 Å². The van der Waals surface area contributed by atoms with Crippen LogP contribution in [0.4, 0.5) is 0 Å². The summed E-state index contributed by atoms with van der Waals surface area (Å²) >= 11 is 0. The minimum absolute atomic E-state index is 0.191. The number of ether oxygens (including phenoxy) is 4. The molecule has 1 amide bonds. The first kappa shape index (κ1) is 64.3. The standard InChI is InChI=1S/C57H97NO13/c1-3-5-7-9-11-13-15-17-19-21-22-23-25-26-28-30-32-34-36-38-40-46(61)45(58-49(62)41-39-37-35-33-31-29-27-24-20-18-16-14-12-10-8-6-4-2)44-68-56-54(67)52(65)55(48(43-60)70-56)71-57-53(66)51(64)50(63)47(42-59)69-57/h6,8,12,14,18,20,27,29-30,32-33,35,38,40,45-48,50-57,59-61,63-67H,3-5,7,9-11,13,15-17,19,21-26,28,31,34,36-37,39,41-44H2,1-2H3,(H,58,62)/b8-6-,14-12-,20-18-,29-27-,32-30+,35-33-,40-38+. The van der Waals surface area contributed by atoms with Gasteiger partial charge in [0, 0.05) is 6.42 Å². The third-order valence-electron chi connectivity index (χ3n) is 12.8. The van der Waals surface area contributed by atoms with Gasteiger partial charge in [-0.15, -0.1) is 0 Å². The monoisotopic (exact) mass is 1000 g/mol. The van der Waals surface area contributed by atoms with Crippen molar-refractivity contribution in [2.75, 3.05) is 19.8 Å². The quantitative estimate of drug-likeness (QED) is 0.0208.